The number of anilines is 2. The molecule has 0 fully saturated rings. The molecule has 1 amide bonds. The van der Waals surface area contributed by atoms with Gasteiger partial charge in [0.05, 0.1) is 6.54 Å². The maximum Gasteiger partial charge on any atom is 0.239 e. The summed E-state index contributed by atoms with van der Waals surface area (Å²) in [6.07, 6.45) is 2.03. The van der Waals surface area contributed by atoms with Crippen LogP contribution in [0.3, 0.4) is 0 Å². The Balaban J connectivity index is 0.00000192. The Morgan fingerprint density at radius 1 is 1.13 bits per heavy atom. The van der Waals surface area contributed by atoms with E-state index in [0.29, 0.717) is 13.1 Å². The van der Waals surface area contributed by atoms with Gasteiger partial charge in [-0.3, -0.25) is 4.79 Å². The lowest BCUT2D eigenvalue weighted by molar-refractivity contribution is -0.119. The fraction of sp³-hybridized carbons (Fsp3) is 0.278. The van der Waals surface area contributed by atoms with Gasteiger partial charge < -0.3 is 16.0 Å². The molecule has 3 rings (SSSR count). The third-order valence-electron chi connectivity index (χ3n) is 4.05. The Labute approximate surface area is 143 Å². The molecule has 0 aliphatic carbocycles. The molecule has 0 atom stereocenters. The summed E-state index contributed by atoms with van der Waals surface area (Å²) in [6, 6.07) is 15.9. The molecular formula is C18H22ClN3O. The van der Waals surface area contributed by atoms with Gasteiger partial charge in [0.1, 0.15) is 0 Å². The van der Waals surface area contributed by atoms with Crippen molar-refractivity contribution < 1.29 is 4.79 Å². The van der Waals surface area contributed by atoms with Gasteiger partial charge in [-0.1, -0.05) is 36.4 Å². The summed E-state index contributed by atoms with van der Waals surface area (Å²) >= 11 is 0. The minimum absolute atomic E-state index is 0. The monoisotopic (exact) mass is 331 g/mol. The number of rotatable bonds is 4. The third kappa shape index (κ3) is 4.17. The third-order valence-corrected chi connectivity index (χ3v) is 4.05. The van der Waals surface area contributed by atoms with Gasteiger partial charge in [0.15, 0.2) is 0 Å². The molecule has 4 nitrogen and oxygen atoms in total. The molecule has 0 saturated heterocycles. The average Bonchev–Trinajstić information content (AvgIpc) is 2.55. The van der Waals surface area contributed by atoms with E-state index in [1.54, 1.807) is 0 Å². The molecule has 2 aromatic carbocycles. The van der Waals surface area contributed by atoms with Crippen LogP contribution in [0.25, 0.3) is 0 Å². The second-order valence-corrected chi connectivity index (χ2v) is 5.63. The summed E-state index contributed by atoms with van der Waals surface area (Å²) < 4.78 is 0. The molecule has 3 N–H and O–H groups in total. The number of hydrogen-bond donors (Lipinski definition) is 2. The minimum Gasteiger partial charge on any atom is -0.398 e. The van der Waals surface area contributed by atoms with E-state index in [1.165, 1.54) is 5.56 Å². The number of benzene rings is 2. The van der Waals surface area contributed by atoms with E-state index in [0.717, 1.165) is 36.3 Å². The first kappa shape index (κ1) is 17.2. The zero-order valence-corrected chi connectivity index (χ0v) is 13.8. The van der Waals surface area contributed by atoms with E-state index in [-0.39, 0.29) is 18.3 Å². The van der Waals surface area contributed by atoms with Crippen LogP contribution in [-0.2, 0) is 17.8 Å². The number of nitrogens with zero attached hydrogens (tertiary/aromatic N) is 1. The standard InChI is InChI=1S/C18H21N3O.ClH/c19-16-9-4-10-17-15(16)8-5-11-21(17)13-18(22)20-12-14-6-2-1-3-7-14;/h1-4,6-7,9-10H,5,8,11-13,19H2,(H,20,22);1H. The molecule has 0 spiro atoms. The zero-order valence-electron chi connectivity index (χ0n) is 13.0. The topological polar surface area (TPSA) is 58.4 Å². The first-order valence-corrected chi connectivity index (χ1v) is 7.67. The van der Waals surface area contributed by atoms with Crippen LogP contribution in [0.5, 0.6) is 0 Å². The first-order valence-electron chi connectivity index (χ1n) is 7.67. The van der Waals surface area contributed by atoms with Crippen molar-refractivity contribution in [2.24, 2.45) is 0 Å². The second kappa shape index (κ2) is 7.88. The highest BCUT2D eigenvalue weighted by atomic mass is 35.5. The summed E-state index contributed by atoms with van der Waals surface area (Å²) in [5, 5.41) is 2.98. The van der Waals surface area contributed by atoms with E-state index in [4.69, 9.17) is 5.73 Å². The number of nitrogens with two attached hydrogens (primary N) is 1. The van der Waals surface area contributed by atoms with Crippen LogP contribution >= 0.6 is 12.4 Å². The fourth-order valence-electron chi connectivity index (χ4n) is 2.92. The Morgan fingerprint density at radius 3 is 2.70 bits per heavy atom. The van der Waals surface area contributed by atoms with Crippen molar-refractivity contribution in [1.29, 1.82) is 0 Å². The zero-order chi connectivity index (χ0) is 15.4. The van der Waals surface area contributed by atoms with Crippen molar-refractivity contribution in [2.45, 2.75) is 19.4 Å². The lowest BCUT2D eigenvalue weighted by Gasteiger charge is -2.31. The van der Waals surface area contributed by atoms with Crippen molar-refractivity contribution in [3.8, 4) is 0 Å². The number of hydrogen-bond acceptors (Lipinski definition) is 3. The number of nitrogens with one attached hydrogen (secondary N) is 1. The highest BCUT2D eigenvalue weighted by Gasteiger charge is 2.20. The SMILES string of the molecule is Cl.Nc1cccc2c1CCCN2CC(=O)NCc1ccccc1. The number of carbonyl (C=O) groups excluding carboxylic acids is 1. The van der Waals surface area contributed by atoms with Gasteiger partial charge >= 0.3 is 0 Å². The van der Waals surface area contributed by atoms with Crippen LogP contribution in [0.4, 0.5) is 11.4 Å². The Bertz CT molecular complexity index is 661. The molecule has 1 heterocycles. The first-order chi connectivity index (χ1) is 10.7. The van der Waals surface area contributed by atoms with Crippen molar-refractivity contribution in [3.63, 3.8) is 0 Å². The Hall–Kier alpha value is -2.20. The number of amides is 1. The van der Waals surface area contributed by atoms with Crippen molar-refractivity contribution in [2.75, 3.05) is 23.7 Å². The van der Waals surface area contributed by atoms with Crippen molar-refractivity contribution in [1.82, 2.24) is 5.32 Å². The Morgan fingerprint density at radius 2 is 1.91 bits per heavy atom. The van der Waals surface area contributed by atoms with Gasteiger partial charge in [0.2, 0.25) is 5.91 Å². The molecular weight excluding hydrogens is 310 g/mol. The maximum absolute atomic E-state index is 12.2. The van der Waals surface area contributed by atoms with Crippen molar-refractivity contribution in [3.05, 3.63) is 59.7 Å². The van der Waals surface area contributed by atoms with Crippen molar-refractivity contribution >= 4 is 29.7 Å². The summed E-state index contributed by atoms with van der Waals surface area (Å²) in [5.74, 6) is 0.0409. The molecule has 0 radical (unpaired) electrons. The fourth-order valence-corrected chi connectivity index (χ4v) is 2.92. The smallest absolute Gasteiger partial charge is 0.239 e. The highest BCUT2D eigenvalue weighted by molar-refractivity contribution is 5.85. The summed E-state index contributed by atoms with van der Waals surface area (Å²) in [7, 11) is 0. The van der Waals surface area contributed by atoms with Gasteiger partial charge in [0.25, 0.3) is 0 Å². The van der Waals surface area contributed by atoms with E-state index < -0.39 is 0 Å². The summed E-state index contributed by atoms with van der Waals surface area (Å²) in [6.45, 7) is 1.84. The van der Waals surface area contributed by atoms with Crippen LogP contribution < -0.4 is 16.0 Å². The maximum atomic E-state index is 12.2. The normalized spacial score (nSPS) is 13.0. The number of carbonyl (C=O) groups is 1. The summed E-state index contributed by atoms with van der Waals surface area (Å²) in [4.78, 5) is 14.3. The minimum atomic E-state index is 0. The predicted molar refractivity (Wildman–Crippen MR) is 96.9 cm³/mol. The summed E-state index contributed by atoms with van der Waals surface area (Å²) in [5.41, 5.74) is 10.2. The van der Waals surface area contributed by atoms with Gasteiger partial charge in [-0.05, 0) is 36.1 Å². The quantitative estimate of drug-likeness (QED) is 0.847. The van der Waals surface area contributed by atoms with Gasteiger partial charge in [-0.25, -0.2) is 0 Å². The van der Waals surface area contributed by atoms with E-state index in [9.17, 15) is 4.79 Å². The largest absolute Gasteiger partial charge is 0.398 e. The molecule has 2 aromatic rings. The number of fused-ring (bicyclic) bond motifs is 1. The Kier molecular flexibility index (Phi) is 5.88. The average molecular weight is 332 g/mol. The lowest BCUT2D eigenvalue weighted by Crippen LogP contribution is -2.39. The molecule has 1 aliphatic heterocycles. The molecule has 5 heteroatoms. The van der Waals surface area contributed by atoms with E-state index >= 15 is 0 Å². The molecule has 0 unspecified atom stereocenters. The molecule has 122 valence electrons. The van der Waals surface area contributed by atoms with E-state index in [1.807, 2.05) is 42.5 Å². The van der Waals surface area contributed by atoms with Crippen LogP contribution in [0, 0.1) is 0 Å². The van der Waals surface area contributed by atoms with Crippen LogP contribution in [0.1, 0.15) is 17.5 Å². The molecule has 23 heavy (non-hydrogen) atoms. The predicted octanol–water partition coefficient (Wildman–Crippen LogP) is 2.76. The molecule has 0 aromatic heterocycles. The van der Waals surface area contributed by atoms with Crippen LogP contribution in [-0.4, -0.2) is 19.0 Å². The van der Waals surface area contributed by atoms with Crippen LogP contribution in [0.2, 0.25) is 0 Å². The molecule has 0 saturated carbocycles. The number of halogens is 1. The second-order valence-electron chi connectivity index (χ2n) is 5.63. The highest BCUT2D eigenvalue weighted by Crippen LogP contribution is 2.30. The van der Waals surface area contributed by atoms with Crippen LogP contribution in [0.15, 0.2) is 48.5 Å². The van der Waals surface area contributed by atoms with Gasteiger partial charge in [0, 0.05) is 24.5 Å². The molecule has 0 bridgehead atoms. The molecule has 1 aliphatic rings. The van der Waals surface area contributed by atoms with E-state index in [2.05, 4.69) is 16.3 Å². The number of nitrogen functional groups attached to an aromatic ring is 1. The van der Waals surface area contributed by atoms with Gasteiger partial charge in [-0.2, -0.15) is 0 Å². The van der Waals surface area contributed by atoms with Gasteiger partial charge in [-0.15, -0.1) is 12.4 Å². The lowest BCUT2D eigenvalue weighted by atomic mass is 10.00.